The fraction of sp³-hybridized carbons (Fsp3) is 0.118. The SMILES string of the molecule is COc1cc(/C=C/[N+](=O)[O-])ccc1OC(=O)COc1ccccc1Br. The molecule has 0 aliphatic rings. The van der Waals surface area contributed by atoms with E-state index in [2.05, 4.69) is 15.9 Å². The molecule has 0 aliphatic heterocycles. The van der Waals surface area contributed by atoms with Gasteiger partial charge in [0, 0.05) is 6.08 Å². The Labute approximate surface area is 152 Å². The van der Waals surface area contributed by atoms with Gasteiger partial charge in [-0.05, 0) is 45.8 Å². The summed E-state index contributed by atoms with van der Waals surface area (Å²) in [6, 6.07) is 11.7. The molecule has 2 aromatic rings. The van der Waals surface area contributed by atoms with Gasteiger partial charge in [-0.1, -0.05) is 18.2 Å². The van der Waals surface area contributed by atoms with E-state index in [1.807, 2.05) is 6.07 Å². The van der Waals surface area contributed by atoms with Crippen LogP contribution in [0.2, 0.25) is 0 Å². The first-order valence-electron chi connectivity index (χ1n) is 7.07. The van der Waals surface area contributed by atoms with Crippen molar-refractivity contribution in [2.45, 2.75) is 0 Å². The molecule has 8 heteroatoms. The third kappa shape index (κ3) is 5.61. The van der Waals surface area contributed by atoms with Crippen molar-refractivity contribution in [3.63, 3.8) is 0 Å². The van der Waals surface area contributed by atoms with Crippen molar-refractivity contribution >= 4 is 28.0 Å². The summed E-state index contributed by atoms with van der Waals surface area (Å²) in [7, 11) is 1.41. The Morgan fingerprint density at radius 3 is 2.64 bits per heavy atom. The van der Waals surface area contributed by atoms with Crippen LogP contribution in [0.25, 0.3) is 6.08 Å². The molecule has 7 nitrogen and oxygen atoms in total. The van der Waals surface area contributed by atoms with Gasteiger partial charge in [0.25, 0.3) is 0 Å². The number of carbonyl (C=O) groups is 1. The molecule has 0 atom stereocenters. The molecule has 130 valence electrons. The van der Waals surface area contributed by atoms with E-state index in [0.717, 1.165) is 10.7 Å². The lowest BCUT2D eigenvalue weighted by atomic mass is 10.2. The summed E-state index contributed by atoms with van der Waals surface area (Å²) < 4.78 is 16.5. The zero-order valence-corrected chi connectivity index (χ0v) is 14.8. The summed E-state index contributed by atoms with van der Waals surface area (Å²) in [4.78, 5) is 21.7. The Bertz CT molecular complexity index is 805. The lowest BCUT2D eigenvalue weighted by Crippen LogP contribution is -2.18. The van der Waals surface area contributed by atoms with Crippen molar-refractivity contribution in [3.05, 3.63) is 68.8 Å². The smallest absolute Gasteiger partial charge is 0.349 e. The Morgan fingerprint density at radius 2 is 1.96 bits per heavy atom. The van der Waals surface area contributed by atoms with E-state index in [1.165, 1.54) is 25.3 Å². The minimum atomic E-state index is -0.609. The number of para-hydroxylation sites is 1. The van der Waals surface area contributed by atoms with Crippen LogP contribution in [0.5, 0.6) is 17.2 Å². The van der Waals surface area contributed by atoms with Gasteiger partial charge in [0.15, 0.2) is 18.1 Å². The zero-order chi connectivity index (χ0) is 18.2. The number of carbonyl (C=O) groups excluding carboxylic acids is 1. The highest BCUT2D eigenvalue weighted by atomic mass is 79.9. The van der Waals surface area contributed by atoms with E-state index < -0.39 is 10.9 Å². The molecule has 0 amide bonds. The molecule has 0 spiro atoms. The number of esters is 1. The average Bonchev–Trinajstić information content (AvgIpc) is 2.60. The van der Waals surface area contributed by atoms with Crippen LogP contribution in [0.4, 0.5) is 0 Å². The summed E-state index contributed by atoms with van der Waals surface area (Å²) in [5.74, 6) is 0.385. The van der Waals surface area contributed by atoms with Gasteiger partial charge in [-0.15, -0.1) is 0 Å². The molecule has 0 aromatic heterocycles. The Hall–Kier alpha value is -2.87. The third-order valence-electron chi connectivity index (χ3n) is 2.98. The molecule has 0 bridgehead atoms. The summed E-state index contributed by atoms with van der Waals surface area (Å²) in [5.41, 5.74) is 0.540. The number of nitrogens with zero attached hydrogens (tertiary/aromatic N) is 1. The lowest BCUT2D eigenvalue weighted by molar-refractivity contribution is -0.400. The van der Waals surface area contributed by atoms with Crippen molar-refractivity contribution < 1.29 is 23.9 Å². The van der Waals surface area contributed by atoms with Crippen LogP contribution >= 0.6 is 15.9 Å². The molecule has 0 fully saturated rings. The zero-order valence-electron chi connectivity index (χ0n) is 13.2. The molecule has 2 rings (SSSR count). The van der Waals surface area contributed by atoms with Gasteiger partial charge in [-0.2, -0.15) is 0 Å². The van der Waals surface area contributed by atoms with Crippen molar-refractivity contribution in [1.29, 1.82) is 0 Å². The molecule has 0 unspecified atom stereocenters. The average molecular weight is 408 g/mol. The van der Waals surface area contributed by atoms with E-state index in [-0.39, 0.29) is 18.1 Å². The summed E-state index contributed by atoms with van der Waals surface area (Å²) in [5, 5.41) is 10.4. The van der Waals surface area contributed by atoms with Gasteiger partial charge in [0.05, 0.1) is 16.5 Å². The van der Waals surface area contributed by atoms with Crippen LogP contribution in [0.3, 0.4) is 0 Å². The van der Waals surface area contributed by atoms with Crippen LogP contribution in [0, 0.1) is 10.1 Å². The highest BCUT2D eigenvalue weighted by Crippen LogP contribution is 2.29. The van der Waals surface area contributed by atoms with Gasteiger partial charge in [0.1, 0.15) is 5.75 Å². The van der Waals surface area contributed by atoms with Crippen LogP contribution in [-0.4, -0.2) is 24.6 Å². The van der Waals surface area contributed by atoms with E-state index in [0.29, 0.717) is 11.3 Å². The van der Waals surface area contributed by atoms with Gasteiger partial charge < -0.3 is 14.2 Å². The number of nitro groups is 1. The van der Waals surface area contributed by atoms with E-state index in [4.69, 9.17) is 14.2 Å². The predicted molar refractivity (Wildman–Crippen MR) is 94.3 cm³/mol. The third-order valence-corrected chi connectivity index (χ3v) is 3.64. The Morgan fingerprint density at radius 1 is 1.20 bits per heavy atom. The number of hydrogen-bond acceptors (Lipinski definition) is 6. The highest BCUT2D eigenvalue weighted by molar-refractivity contribution is 9.10. The second-order valence-corrected chi connectivity index (χ2v) is 5.56. The van der Waals surface area contributed by atoms with Gasteiger partial charge in [-0.25, -0.2) is 4.79 Å². The van der Waals surface area contributed by atoms with Crippen LogP contribution in [0.1, 0.15) is 5.56 Å². The van der Waals surface area contributed by atoms with Crippen LogP contribution < -0.4 is 14.2 Å². The molecular weight excluding hydrogens is 394 g/mol. The Kier molecular flexibility index (Phi) is 6.53. The number of methoxy groups -OCH3 is 1. The van der Waals surface area contributed by atoms with E-state index >= 15 is 0 Å². The minimum absolute atomic E-state index is 0.196. The second kappa shape index (κ2) is 8.84. The van der Waals surface area contributed by atoms with Crippen LogP contribution in [0.15, 0.2) is 53.1 Å². The molecule has 0 saturated carbocycles. The number of rotatable bonds is 7. The maximum atomic E-state index is 11.9. The topological polar surface area (TPSA) is 87.9 Å². The van der Waals surface area contributed by atoms with Gasteiger partial charge in [0.2, 0.25) is 6.20 Å². The van der Waals surface area contributed by atoms with Crippen molar-refractivity contribution in [1.82, 2.24) is 0 Å². The molecule has 25 heavy (non-hydrogen) atoms. The molecular formula is C17H14BrNO6. The normalized spacial score (nSPS) is 10.5. The quantitative estimate of drug-likeness (QED) is 0.301. The summed E-state index contributed by atoms with van der Waals surface area (Å²) in [6.45, 7) is -0.283. The van der Waals surface area contributed by atoms with Crippen molar-refractivity contribution in [3.8, 4) is 17.2 Å². The number of benzene rings is 2. The molecule has 0 N–H and O–H groups in total. The van der Waals surface area contributed by atoms with Crippen molar-refractivity contribution in [2.75, 3.05) is 13.7 Å². The fourth-order valence-electron chi connectivity index (χ4n) is 1.87. The van der Waals surface area contributed by atoms with E-state index in [9.17, 15) is 14.9 Å². The van der Waals surface area contributed by atoms with E-state index in [1.54, 1.807) is 24.3 Å². The fourth-order valence-corrected chi connectivity index (χ4v) is 2.27. The standard InChI is InChI=1S/C17H14BrNO6/c1-23-16-10-12(8-9-19(21)22)6-7-15(16)25-17(20)11-24-14-5-3-2-4-13(14)18/h2-10H,11H2,1H3/b9-8+. The highest BCUT2D eigenvalue weighted by Gasteiger charge is 2.12. The summed E-state index contributed by atoms with van der Waals surface area (Å²) >= 11 is 3.32. The largest absolute Gasteiger partial charge is 0.493 e. The first-order chi connectivity index (χ1) is 12.0. The predicted octanol–water partition coefficient (Wildman–Crippen LogP) is 3.69. The summed E-state index contributed by atoms with van der Waals surface area (Å²) in [6.07, 6.45) is 2.12. The van der Waals surface area contributed by atoms with Crippen LogP contribution in [-0.2, 0) is 4.79 Å². The first kappa shape index (κ1) is 18.5. The lowest BCUT2D eigenvalue weighted by Gasteiger charge is -2.11. The number of halogens is 1. The maximum Gasteiger partial charge on any atom is 0.349 e. The molecule has 0 heterocycles. The second-order valence-electron chi connectivity index (χ2n) is 4.70. The number of hydrogen-bond donors (Lipinski definition) is 0. The molecule has 0 radical (unpaired) electrons. The number of ether oxygens (including phenoxy) is 3. The monoisotopic (exact) mass is 407 g/mol. The first-order valence-corrected chi connectivity index (χ1v) is 7.86. The molecule has 0 saturated heterocycles. The maximum absolute atomic E-state index is 11.9. The minimum Gasteiger partial charge on any atom is -0.493 e. The molecule has 0 aliphatic carbocycles. The Balaban J connectivity index is 2.02. The molecule has 2 aromatic carbocycles. The van der Waals surface area contributed by atoms with Gasteiger partial charge in [-0.3, -0.25) is 10.1 Å². The van der Waals surface area contributed by atoms with Crippen molar-refractivity contribution in [2.24, 2.45) is 0 Å². The van der Waals surface area contributed by atoms with Gasteiger partial charge >= 0.3 is 5.97 Å².